The minimum atomic E-state index is -1.37. The van der Waals surface area contributed by atoms with Gasteiger partial charge in [-0.05, 0) is 26.8 Å². The van der Waals surface area contributed by atoms with Gasteiger partial charge in [-0.3, -0.25) is 14.4 Å². The Bertz CT molecular complexity index is 1060. The molecule has 36 heavy (non-hydrogen) atoms. The standard InChI is InChI=1S/C26H34O10/c1-12-10-17(32-14(3)27)21(30)24(6)18(33-15(4)28)9-8-13(2)20(24)22(34-16(5)29)26-19(11-12)35-23(31)25(26,7)36-26/h8,11,17-22,30H,9-10H2,1-7H3/b12-11-/t17-,18+,19+,20-,21+,22-,24+,25+,26+/m1/s1. The molecule has 198 valence electrons. The van der Waals surface area contributed by atoms with Gasteiger partial charge in [-0.1, -0.05) is 24.1 Å². The van der Waals surface area contributed by atoms with Crippen LogP contribution in [0.25, 0.3) is 0 Å². The van der Waals surface area contributed by atoms with Crippen LogP contribution >= 0.6 is 0 Å². The van der Waals surface area contributed by atoms with Crippen LogP contribution < -0.4 is 0 Å². The predicted octanol–water partition coefficient (Wildman–Crippen LogP) is 1.92. The van der Waals surface area contributed by atoms with E-state index in [1.807, 2.05) is 13.0 Å². The number of carbonyl (C=O) groups is 4. The Hall–Kier alpha value is -2.72. The van der Waals surface area contributed by atoms with E-state index in [1.54, 1.807) is 26.8 Å². The second-order valence-corrected chi connectivity index (χ2v) is 10.7. The molecule has 0 bridgehead atoms. The fourth-order valence-electron chi connectivity index (χ4n) is 6.54. The Labute approximate surface area is 209 Å². The van der Waals surface area contributed by atoms with E-state index in [-0.39, 0.29) is 12.8 Å². The summed E-state index contributed by atoms with van der Waals surface area (Å²) in [5.41, 5.74) is -2.61. The van der Waals surface area contributed by atoms with Gasteiger partial charge in [0, 0.05) is 44.9 Å². The summed E-state index contributed by atoms with van der Waals surface area (Å²) in [6, 6.07) is 0. The maximum absolute atomic E-state index is 12.9. The summed E-state index contributed by atoms with van der Waals surface area (Å²) in [4.78, 5) is 49.5. The van der Waals surface area contributed by atoms with E-state index in [1.165, 1.54) is 20.8 Å². The van der Waals surface area contributed by atoms with Gasteiger partial charge < -0.3 is 28.8 Å². The van der Waals surface area contributed by atoms with Crippen molar-refractivity contribution in [1.29, 1.82) is 0 Å². The lowest BCUT2D eigenvalue weighted by Crippen LogP contribution is -2.63. The van der Waals surface area contributed by atoms with Crippen molar-refractivity contribution in [2.75, 3.05) is 0 Å². The molecule has 2 aliphatic heterocycles. The number of ether oxygens (including phenoxy) is 5. The summed E-state index contributed by atoms with van der Waals surface area (Å²) in [6.45, 7) is 10.7. The highest BCUT2D eigenvalue weighted by Crippen LogP contribution is 2.65. The van der Waals surface area contributed by atoms with Gasteiger partial charge in [-0.15, -0.1) is 0 Å². The summed E-state index contributed by atoms with van der Waals surface area (Å²) >= 11 is 0. The molecule has 0 saturated carbocycles. The highest BCUT2D eigenvalue weighted by Gasteiger charge is 2.87. The number of carbonyl (C=O) groups excluding carboxylic acids is 4. The minimum Gasteiger partial charge on any atom is -0.462 e. The summed E-state index contributed by atoms with van der Waals surface area (Å²) in [5.74, 6) is -3.11. The van der Waals surface area contributed by atoms with Gasteiger partial charge in [0.1, 0.15) is 24.4 Å². The minimum absolute atomic E-state index is 0.137. The van der Waals surface area contributed by atoms with E-state index < -0.39 is 76.9 Å². The first-order valence-electron chi connectivity index (χ1n) is 12.1. The zero-order valence-electron chi connectivity index (χ0n) is 21.7. The molecule has 9 atom stereocenters. The molecule has 0 amide bonds. The van der Waals surface area contributed by atoms with Crippen molar-refractivity contribution in [2.24, 2.45) is 11.3 Å². The van der Waals surface area contributed by atoms with Crippen LogP contribution in [0.1, 0.15) is 61.3 Å². The van der Waals surface area contributed by atoms with Gasteiger partial charge in [0.25, 0.3) is 0 Å². The molecule has 2 heterocycles. The number of hydrogen-bond acceptors (Lipinski definition) is 10. The third kappa shape index (κ3) is 3.76. The molecular weight excluding hydrogens is 472 g/mol. The number of hydrogen-bond donors (Lipinski definition) is 1. The van der Waals surface area contributed by atoms with E-state index >= 15 is 0 Å². The van der Waals surface area contributed by atoms with E-state index in [2.05, 4.69) is 0 Å². The van der Waals surface area contributed by atoms with Crippen molar-refractivity contribution in [2.45, 2.75) is 103 Å². The molecular formula is C26H34O10. The summed E-state index contributed by atoms with van der Waals surface area (Å²) < 4.78 is 29.1. The Morgan fingerprint density at radius 2 is 1.64 bits per heavy atom. The van der Waals surface area contributed by atoms with E-state index in [4.69, 9.17) is 23.7 Å². The highest BCUT2D eigenvalue weighted by molar-refractivity contribution is 5.89. The Morgan fingerprint density at radius 1 is 1.03 bits per heavy atom. The summed E-state index contributed by atoms with van der Waals surface area (Å²) in [7, 11) is 0. The lowest BCUT2D eigenvalue weighted by molar-refractivity contribution is -0.203. The number of epoxide rings is 1. The first-order chi connectivity index (χ1) is 16.7. The van der Waals surface area contributed by atoms with Crippen molar-refractivity contribution in [3.63, 3.8) is 0 Å². The van der Waals surface area contributed by atoms with Crippen LogP contribution in [0, 0.1) is 11.3 Å². The molecule has 0 aromatic rings. The van der Waals surface area contributed by atoms with E-state index in [9.17, 15) is 24.3 Å². The molecule has 10 heteroatoms. The first-order valence-corrected chi connectivity index (χ1v) is 12.1. The average molecular weight is 507 g/mol. The van der Waals surface area contributed by atoms with Crippen molar-refractivity contribution in [3.8, 4) is 0 Å². The molecule has 0 radical (unpaired) electrons. The third-order valence-electron chi connectivity index (χ3n) is 8.22. The largest absolute Gasteiger partial charge is 0.462 e. The van der Waals surface area contributed by atoms with Gasteiger partial charge in [0.2, 0.25) is 0 Å². The smallest absolute Gasteiger partial charge is 0.342 e. The number of esters is 4. The van der Waals surface area contributed by atoms with Gasteiger partial charge in [0.15, 0.2) is 17.3 Å². The van der Waals surface area contributed by atoms with Crippen molar-refractivity contribution in [3.05, 3.63) is 23.3 Å². The van der Waals surface area contributed by atoms with Gasteiger partial charge in [0.05, 0.1) is 0 Å². The summed E-state index contributed by atoms with van der Waals surface area (Å²) in [5, 5.41) is 11.9. The van der Waals surface area contributed by atoms with Gasteiger partial charge in [-0.25, -0.2) is 4.79 Å². The van der Waals surface area contributed by atoms with Crippen molar-refractivity contribution >= 4 is 23.9 Å². The van der Waals surface area contributed by atoms with E-state index in [0.717, 1.165) is 5.57 Å². The Balaban J connectivity index is 1.99. The molecule has 1 N–H and O–H groups in total. The molecule has 2 saturated heterocycles. The Kier molecular flexibility index (Phi) is 6.36. The number of fused-ring (bicyclic) bond motifs is 1. The normalized spacial score (nSPS) is 44.8. The number of aliphatic hydroxyl groups is 1. The van der Waals surface area contributed by atoms with Gasteiger partial charge >= 0.3 is 23.9 Å². The van der Waals surface area contributed by atoms with Crippen LogP contribution in [0.2, 0.25) is 0 Å². The lowest BCUT2D eigenvalue weighted by Gasteiger charge is -2.53. The first kappa shape index (κ1) is 26.3. The number of rotatable bonds is 3. The van der Waals surface area contributed by atoms with Gasteiger partial charge in [-0.2, -0.15) is 0 Å². The maximum atomic E-state index is 12.9. The topological polar surface area (TPSA) is 138 Å². The molecule has 2 fully saturated rings. The van der Waals surface area contributed by atoms with Crippen LogP contribution in [-0.4, -0.2) is 70.7 Å². The van der Waals surface area contributed by atoms with Crippen molar-refractivity contribution in [1.82, 2.24) is 0 Å². The lowest BCUT2D eigenvalue weighted by atomic mass is 9.56. The van der Waals surface area contributed by atoms with Crippen LogP contribution in [0.4, 0.5) is 0 Å². The maximum Gasteiger partial charge on any atom is 0.342 e. The monoisotopic (exact) mass is 506 g/mol. The quantitative estimate of drug-likeness (QED) is 0.261. The molecule has 4 aliphatic rings. The van der Waals surface area contributed by atoms with Crippen LogP contribution in [0.15, 0.2) is 23.3 Å². The van der Waals surface area contributed by atoms with Crippen LogP contribution in [0.3, 0.4) is 0 Å². The molecule has 0 aromatic heterocycles. The van der Waals surface area contributed by atoms with Crippen LogP contribution in [-0.2, 0) is 42.9 Å². The molecule has 1 spiro atoms. The second-order valence-electron chi connectivity index (χ2n) is 10.7. The fourth-order valence-corrected chi connectivity index (χ4v) is 6.54. The molecule has 10 nitrogen and oxygen atoms in total. The Morgan fingerprint density at radius 3 is 2.19 bits per heavy atom. The summed E-state index contributed by atoms with van der Waals surface area (Å²) in [6.07, 6.45) is -1.20. The zero-order valence-corrected chi connectivity index (χ0v) is 21.7. The molecule has 0 aromatic carbocycles. The SMILES string of the molecule is CC(=O)O[C@H]1CC=C(C)[C@@H]2[C@@H](OC(C)=O)[C@]34O[C@@]3(C)C(=O)O[C@H]4/C=C(/C)C[C@@H](OC(C)=O)[C@H](O)[C@@]12C. The zero-order chi connectivity index (χ0) is 26.8. The molecule has 2 aliphatic carbocycles. The average Bonchev–Trinajstić information content (AvgIpc) is 3.34. The fraction of sp³-hybridized carbons (Fsp3) is 0.692. The highest BCUT2D eigenvalue weighted by atomic mass is 16.7. The van der Waals surface area contributed by atoms with Crippen LogP contribution in [0.5, 0.6) is 0 Å². The molecule has 0 unspecified atom stereocenters. The van der Waals surface area contributed by atoms with Crippen molar-refractivity contribution < 1.29 is 48.0 Å². The van der Waals surface area contributed by atoms with E-state index in [0.29, 0.717) is 5.57 Å². The predicted molar refractivity (Wildman–Crippen MR) is 123 cm³/mol. The third-order valence-corrected chi connectivity index (χ3v) is 8.22. The second kappa shape index (κ2) is 8.69. The molecule has 4 rings (SSSR count). The number of aliphatic hydroxyl groups excluding tert-OH is 1.